The van der Waals surface area contributed by atoms with Gasteiger partial charge in [0.05, 0.1) is 12.6 Å². The zero-order valence-corrected chi connectivity index (χ0v) is 22.2. The van der Waals surface area contributed by atoms with E-state index in [1.807, 2.05) is 30.3 Å². The number of hydrogen-bond acceptors (Lipinski definition) is 4. The highest BCUT2D eigenvalue weighted by atomic mass is 127. The summed E-state index contributed by atoms with van der Waals surface area (Å²) in [5.74, 6) is -1.47. The quantitative estimate of drug-likeness (QED) is 0.306. The van der Waals surface area contributed by atoms with Crippen molar-refractivity contribution in [1.29, 1.82) is 0 Å². The van der Waals surface area contributed by atoms with Crippen LogP contribution in [0.2, 0.25) is 0 Å². The van der Waals surface area contributed by atoms with Crippen LogP contribution >= 0.6 is 0 Å². The third-order valence-electron chi connectivity index (χ3n) is 4.47. The zero-order valence-electron chi connectivity index (χ0n) is 20.0. The van der Waals surface area contributed by atoms with Gasteiger partial charge in [0.2, 0.25) is 0 Å². The molecule has 6 heteroatoms. The first-order valence-electron chi connectivity index (χ1n) is 10.9. The van der Waals surface area contributed by atoms with E-state index in [0.29, 0.717) is 13.0 Å². The van der Waals surface area contributed by atoms with Gasteiger partial charge in [0.1, 0.15) is 5.75 Å². The summed E-state index contributed by atoms with van der Waals surface area (Å²) >= 11 is 0.0287. The van der Waals surface area contributed by atoms with Crippen LogP contribution < -0.4 is 31.0 Å². The molecule has 1 atom stereocenters. The second-order valence-electron chi connectivity index (χ2n) is 7.44. The number of aliphatic carboxylic acids is 2. The second-order valence-corrected chi connectivity index (χ2v) is 10.5. The van der Waals surface area contributed by atoms with E-state index >= 15 is 0 Å². The topological polar surface area (TPSA) is 86.7 Å². The van der Waals surface area contributed by atoms with Gasteiger partial charge in [-0.3, -0.25) is 0 Å². The van der Waals surface area contributed by atoms with Crippen molar-refractivity contribution in [3.05, 3.63) is 122 Å². The molecule has 184 valence electrons. The first kappa shape index (κ1) is 29.6. The van der Waals surface area contributed by atoms with E-state index in [4.69, 9.17) is 9.84 Å². The average molecular weight is 586 g/mol. The van der Waals surface area contributed by atoms with Crippen LogP contribution in [-0.2, 0) is 9.59 Å². The minimum absolute atomic E-state index is 0.0287. The van der Waals surface area contributed by atoms with Gasteiger partial charge in [0, 0.05) is 5.57 Å². The Morgan fingerprint density at radius 3 is 1.66 bits per heavy atom. The van der Waals surface area contributed by atoms with Crippen LogP contribution in [0.1, 0.15) is 20.3 Å². The number of benzene rings is 3. The van der Waals surface area contributed by atoms with E-state index < -0.39 is 11.9 Å². The molecule has 3 aromatic rings. The van der Waals surface area contributed by atoms with E-state index in [2.05, 4.69) is 73.8 Å². The van der Waals surface area contributed by atoms with Gasteiger partial charge in [-0.1, -0.05) is 74.7 Å². The summed E-state index contributed by atoms with van der Waals surface area (Å²) in [5, 5.41) is 18.4. The van der Waals surface area contributed by atoms with Gasteiger partial charge in [0.15, 0.2) is 7.14 Å². The largest absolute Gasteiger partial charge is 0.545 e. The summed E-state index contributed by atoms with van der Waals surface area (Å²) in [6, 6.07) is 30.8. The molecule has 0 aliphatic heterocycles. The molecule has 0 aromatic heterocycles. The van der Waals surface area contributed by atoms with Gasteiger partial charge in [-0.2, -0.15) is 0 Å². The molecule has 0 aliphatic rings. The number of hydrogen-bond donors (Lipinski definition) is 1. The second kappa shape index (κ2) is 17.1. The van der Waals surface area contributed by atoms with Crippen molar-refractivity contribution in [2.24, 2.45) is 5.92 Å². The van der Waals surface area contributed by atoms with Crippen LogP contribution in [0.4, 0.5) is 0 Å². The van der Waals surface area contributed by atoms with E-state index in [1.54, 1.807) is 6.92 Å². The highest BCUT2D eigenvalue weighted by Gasteiger charge is 2.12. The smallest absolute Gasteiger partial charge is 0.357 e. The molecule has 0 heterocycles. The molecule has 35 heavy (non-hydrogen) atoms. The van der Waals surface area contributed by atoms with Crippen molar-refractivity contribution in [1.82, 2.24) is 0 Å². The molecule has 0 fully saturated rings. The number of halogens is 1. The predicted octanol–water partition coefficient (Wildman–Crippen LogP) is 1.86. The van der Waals surface area contributed by atoms with Gasteiger partial charge in [-0.25, -0.2) is 4.79 Å². The number of ether oxygens (including phenoxy) is 1. The molecule has 5 nitrogen and oxygen atoms in total. The Bertz CT molecular complexity index is 1000. The highest BCUT2D eigenvalue weighted by Crippen LogP contribution is 2.14. The van der Waals surface area contributed by atoms with Crippen molar-refractivity contribution in [3.8, 4) is 5.75 Å². The fourth-order valence-electron chi connectivity index (χ4n) is 2.33. The van der Waals surface area contributed by atoms with Gasteiger partial charge in [-0.05, 0) is 61.2 Å². The lowest BCUT2D eigenvalue weighted by atomic mass is 10.00. The molecule has 1 N–H and O–H groups in total. The van der Waals surface area contributed by atoms with Crippen molar-refractivity contribution in [2.45, 2.75) is 20.3 Å². The van der Waals surface area contributed by atoms with E-state index in [0.717, 1.165) is 5.75 Å². The SMILES string of the molecule is C=C(C(=O)[O-])C(C)CCOc1ccccc1.C=C(C)C(=O)O.c1ccc([I+]c2ccccc2)cc1. The van der Waals surface area contributed by atoms with Crippen molar-refractivity contribution < 1.29 is 45.7 Å². The summed E-state index contributed by atoms with van der Waals surface area (Å²) < 4.78 is 8.41. The number of para-hydroxylation sites is 1. The molecule has 0 amide bonds. The fraction of sp³-hybridized carbons (Fsp3) is 0.172. The zero-order chi connectivity index (χ0) is 26.1. The molecule has 3 aromatic carbocycles. The molecular weight excluding hydrogens is 555 g/mol. The molecule has 0 spiro atoms. The number of carbonyl (C=O) groups excluding carboxylic acids is 1. The number of carbonyl (C=O) groups is 2. The Balaban J connectivity index is 0.000000289. The monoisotopic (exact) mass is 586 g/mol. The predicted molar refractivity (Wildman–Crippen MR) is 133 cm³/mol. The first-order chi connectivity index (χ1) is 16.7. The van der Waals surface area contributed by atoms with Crippen molar-refractivity contribution >= 4 is 11.9 Å². The van der Waals surface area contributed by atoms with E-state index in [1.165, 1.54) is 14.1 Å². The van der Waals surface area contributed by atoms with Crippen LogP contribution in [0.5, 0.6) is 5.75 Å². The average Bonchev–Trinajstić information content (AvgIpc) is 2.86. The van der Waals surface area contributed by atoms with Crippen molar-refractivity contribution in [3.63, 3.8) is 0 Å². The van der Waals surface area contributed by atoms with Gasteiger partial charge < -0.3 is 19.7 Å². The summed E-state index contributed by atoms with van der Waals surface area (Å²) in [6.07, 6.45) is 0.613. The molecule has 0 radical (unpaired) electrons. The Labute approximate surface area is 218 Å². The minimum atomic E-state index is -1.19. The van der Waals surface area contributed by atoms with Crippen LogP contribution in [0.3, 0.4) is 0 Å². The Morgan fingerprint density at radius 1 is 0.886 bits per heavy atom. The highest BCUT2D eigenvalue weighted by molar-refractivity contribution is 5.85. The maximum Gasteiger partial charge on any atom is 0.357 e. The van der Waals surface area contributed by atoms with Crippen LogP contribution in [0, 0.1) is 13.1 Å². The summed E-state index contributed by atoms with van der Waals surface area (Å²) in [7, 11) is 0. The molecule has 0 saturated heterocycles. The van der Waals surface area contributed by atoms with Crippen LogP contribution in [-0.4, -0.2) is 23.7 Å². The Morgan fingerprint density at radius 2 is 1.29 bits per heavy atom. The number of rotatable bonds is 9. The van der Waals surface area contributed by atoms with Gasteiger partial charge in [0.25, 0.3) is 0 Å². The van der Waals surface area contributed by atoms with E-state index in [9.17, 15) is 14.7 Å². The lowest BCUT2D eigenvalue weighted by molar-refractivity contribution is -0.597. The van der Waals surface area contributed by atoms with Crippen LogP contribution in [0.15, 0.2) is 115 Å². The fourth-order valence-corrected chi connectivity index (χ4v) is 4.60. The normalized spacial score (nSPS) is 10.3. The van der Waals surface area contributed by atoms with Crippen molar-refractivity contribution in [2.75, 3.05) is 6.61 Å². The molecule has 0 bridgehead atoms. The summed E-state index contributed by atoms with van der Waals surface area (Å²) in [4.78, 5) is 20.1. The molecule has 3 rings (SSSR count). The lowest BCUT2D eigenvalue weighted by Crippen LogP contribution is -3.61. The Kier molecular flexibility index (Phi) is 14.5. The third-order valence-corrected chi connectivity index (χ3v) is 7.15. The molecule has 0 aliphatic carbocycles. The summed E-state index contributed by atoms with van der Waals surface area (Å²) in [6.45, 7) is 10.3. The maximum absolute atomic E-state index is 10.5. The maximum atomic E-state index is 10.5. The summed E-state index contributed by atoms with van der Waals surface area (Å²) in [5.41, 5.74) is 0.298. The molecule has 1 unspecified atom stereocenters. The molecule has 0 saturated carbocycles. The minimum Gasteiger partial charge on any atom is -0.545 e. The third kappa shape index (κ3) is 13.8. The van der Waals surface area contributed by atoms with Crippen LogP contribution in [0.25, 0.3) is 0 Å². The number of carboxylic acid groups (broad SMARTS) is 2. The Hall–Kier alpha value is -3.39. The number of carboxylic acids is 2. The lowest BCUT2D eigenvalue weighted by Gasteiger charge is -2.15. The first-order valence-corrected chi connectivity index (χ1v) is 13.1. The van der Waals surface area contributed by atoms with E-state index in [-0.39, 0.29) is 38.3 Å². The molecular formula is C29H31IO5. The van der Waals surface area contributed by atoms with Gasteiger partial charge in [-0.15, -0.1) is 0 Å². The van der Waals surface area contributed by atoms with Gasteiger partial charge >= 0.3 is 27.2 Å². The standard InChI is InChI=1S/C13H16O3.C12H10I.C4H6O2/c1-10(11(2)13(14)15)8-9-16-12-6-4-3-5-7-12;1-3-7-11(8-4-1)13-12-9-5-2-6-10-12;1-3(2)4(5)6/h3-7,10H,2,8-9H2,1H3,(H,14,15);1-10H;1H2,2H3,(H,5,6)/q;+1;/p-1.